The Balaban J connectivity index is 1.95. The average Bonchev–Trinajstić information content (AvgIpc) is 2.89. The number of halogens is 2. The number of anilines is 2. The third kappa shape index (κ3) is 2.03. The second-order valence-electron chi connectivity index (χ2n) is 5.01. The Kier molecular flexibility index (Phi) is 2.79. The van der Waals surface area contributed by atoms with Crippen molar-refractivity contribution in [3.05, 3.63) is 59.1 Å². The summed E-state index contributed by atoms with van der Waals surface area (Å²) in [4.78, 5) is 10.6. The first-order chi connectivity index (χ1) is 10.2. The topological polar surface area (TPSA) is 29.0 Å². The number of rotatable bonds is 1. The third-order valence-electron chi connectivity index (χ3n) is 3.75. The molecule has 5 heteroatoms. The van der Waals surface area contributed by atoms with Crippen LogP contribution in [0.4, 0.5) is 15.9 Å². The SMILES string of the molecule is Fc1ccc2c(c1)N(c1nc(Cl)nc3ccccc13)CC2. The maximum atomic E-state index is 13.6. The van der Waals surface area contributed by atoms with Gasteiger partial charge < -0.3 is 4.90 Å². The molecule has 104 valence electrons. The summed E-state index contributed by atoms with van der Waals surface area (Å²) in [6.07, 6.45) is 0.867. The van der Waals surface area contributed by atoms with Crippen LogP contribution in [-0.4, -0.2) is 16.5 Å². The fourth-order valence-corrected chi connectivity index (χ4v) is 2.98. The highest BCUT2D eigenvalue weighted by molar-refractivity contribution is 6.28. The summed E-state index contributed by atoms with van der Waals surface area (Å²) in [7, 11) is 0. The van der Waals surface area contributed by atoms with Crippen LogP contribution >= 0.6 is 11.6 Å². The van der Waals surface area contributed by atoms with E-state index in [2.05, 4.69) is 9.97 Å². The first-order valence-electron chi connectivity index (χ1n) is 6.70. The van der Waals surface area contributed by atoms with E-state index in [0.29, 0.717) is 0 Å². The summed E-state index contributed by atoms with van der Waals surface area (Å²) in [5.41, 5.74) is 2.77. The normalized spacial score (nSPS) is 13.7. The number of nitrogens with zero attached hydrogens (tertiary/aromatic N) is 3. The van der Waals surface area contributed by atoms with Gasteiger partial charge in [-0.1, -0.05) is 18.2 Å². The van der Waals surface area contributed by atoms with Gasteiger partial charge in [0.25, 0.3) is 0 Å². The summed E-state index contributed by atoms with van der Waals surface area (Å²) < 4.78 is 13.6. The second-order valence-corrected chi connectivity index (χ2v) is 5.35. The molecule has 2 aromatic carbocycles. The van der Waals surface area contributed by atoms with Gasteiger partial charge in [-0.3, -0.25) is 0 Å². The minimum Gasteiger partial charge on any atom is -0.325 e. The summed E-state index contributed by atoms with van der Waals surface area (Å²) in [6, 6.07) is 12.6. The predicted molar refractivity (Wildman–Crippen MR) is 81.7 cm³/mol. The van der Waals surface area contributed by atoms with Crippen LogP contribution in [0.5, 0.6) is 0 Å². The number of aromatic nitrogens is 2. The van der Waals surface area contributed by atoms with Crippen LogP contribution in [0, 0.1) is 5.82 Å². The average molecular weight is 300 g/mol. The van der Waals surface area contributed by atoms with Crippen LogP contribution < -0.4 is 4.90 Å². The van der Waals surface area contributed by atoms with Crippen LogP contribution in [-0.2, 0) is 6.42 Å². The Labute approximate surface area is 126 Å². The standard InChI is InChI=1S/C16H11ClFN3/c17-16-19-13-4-2-1-3-12(13)15(20-16)21-8-7-10-5-6-11(18)9-14(10)21/h1-6,9H,7-8H2. The molecule has 1 aromatic heterocycles. The van der Waals surface area contributed by atoms with Gasteiger partial charge in [-0.15, -0.1) is 0 Å². The number of hydrogen-bond acceptors (Lipinski definition) is 3. The van der Waals surface area contributed by atoms with Crippen LogP contribution in [0.15, 0.2) is 42.5 Å². The van der Waals surface area contributed by atoms with Crippen LogP contribution in [0.1, 0.15) is 5.56 Å². The van der Waals surface area contributed by atoms with Gasteiger partial charge in [0.15, 0.2) is 0 Å². The van der Waals surface area contributed by atoms with Crippen molar-refractivity contribution in [2.75, 3.05) is 11.4 Å². The molecule has 0 bridgehead atoms. The molecule has 2 heterocycles. The molecular formula is C16H11ClFN3. The largest absolute Gasteiger partial charge is 0.325 e. The quantitative estimate of drug-likeness (QED) is 0.633. The zero-order chi connectivity index (χ0) is 14.4. The molecule has 0 fully saturated rings. The lowest BCUT2D eigenvalue weighted by Crippen LogP contribution is -2.15. The van der Waals surface area contributed by atoms with Gasteiger partial charge in [0.05, 0.1) is 5.52 Å². The lowest BCUT2D eigenvalue weighted by atomic mass is 10.1. The fraction of sp³-hybridized carbons (Fsp3) is 0.125. The van der Waals surface area contributed by atoms with Crippen LogP contribution in [0.2, 0.25) is 5.28 Å². The molecule has 0 N–H and O–H groups in total. The molecule has 0 saturated heterocycles. The monoisotopic (exact) mass is 299 g/mol. The van der Waals surface area contributed by atoms with E-state index in [-0.39, 0.29) is 11.1 Å². The first kappa shape index (κ1) is 12.5. The number of benzene rings is 2. The summed E-state index contributed by atoms with van der Waals surface area (Å²) in [6.45, 7) is 0.760. The van der Waals surface area contributed by atoms with Gasteiger partial charge in [-0.25, -0.2) is 9.37 Å². The van der Waals surface area contributed by atoms with Crippen molar-refractivity contribution in [1.82, 2.24) is 9.97 Å². The van der Waals surface area contributed by atoms with E-state index < -0.39 is 0 Å². The van der Waals surface area contributed by atoms with Gasteiger partial charge in [0.1, 0.15) is 11.6 Å². The van der Waals surface area contributed by atoms with E-state index in [4.69, 9.17) is 11.6 Å². The lowest BCUT2D eigenvalue weighted by molar-refractivity contribution is 0.628. The van der Waals surface area contributed by atoms with E-state index in [1.807, 2.05) is 35.2 Å². The molecule has 0 spiro atoms. The first-order valence-corrected chi connectivity index (χ1v) is 7.08. The molecule has 1 aliphatic heterocycles. The lowest BCUT2D eigenvalue weighted by Gasteiger charge is -2.20. The molecule has 21 heavy (non-hydrogen) atoms. The highest BCUT2D eigenvalue weighted by Gasteiger charge is 2.24. The Bertz CT molecular complexity index is 850. The molecule has 0 unspecified atom stereocenters. The van der Waals surface area contributed by atoms with Gasteiger partial charge in [-0.05, 0) is 47.9 Å². The molecular weight excluding hydrogens is 289 g/mol. The highest BCUT2D eigenvalue weighted by atomic mass is 35.5. The molecule has 0 amide bonds. The van der Waals surface area contributed by atoms with E-state index in [0.717, 1.165) is 40.9 Å². The smallest absolute Gasteiger partial charge is 0.224 e. The molecule has 0 saturated carbocycles. The van der Waals surface area contributed by atoms with E-state index in [9.17, 15) is 4.39 Å². The van der Waals surface area contributed by atoms with Gasteiger partial charge in [0, 0.05) is 17.6 Å². The van der Waals surface area contributed by atoms with Crippen molar-refractivity contribution in [2.24, 2.45) is 0 Å². The maximum absolute atomic E-state index is 13.6. The highest BCUT2D eigenvalue weighted by Crippen LogP contribution is 2.37. The fourth-order valence-electron chi connectivity index (χ4n) is 2.81. The minimum atomic E-state index is -0.245. The van der Waals surface area contributed by atoms with Gasteiger partial charge in [0.2, 0.25) is 5.28 Å². The summed E-state index contributed by atoms with van der Waals surface area (Å²) in [5, 5.41) is 1.12. The second kappa shape index (κ2) is 4.67. The predicted octanol–water partition coefficient (Wildman–Crippen LogP) is 4.12. The van der Waals surface area contributed by atoms with Crippen LogP contribution in [0.3, 0.4) is 0 Å². The Morgan fingerprint density at radius 3 is 2.86 bits per heavy atom. The molecule has 1 aliphatic rings. The number of fused-ring (bicyclic) bond motifs is 2. The maximum Gasteiger partial charge on any atom is 0.224 e. The van der Waals surface area contributed by atoms with E-state index >= 15 is 0 Å². The van der Waals surface area contributed by atoms with Crippen molar-refractivity contribution < 1.29 is 4.39 Å². The zero-order valence-electron chi connectivity index (χ0n) is 11.1. The number of para-hydroxylation sites is 1. The van der Waals surface area contributed by atoms with Crippen molar-refractivity contribution in [1.29, 1.82) is 0 Å². The number of hydrogen-bond donors (Lipinski definition) is 0. The van der Waals surface area contributed by atoms with Crippen LogP contribution in [0.25, 0.3) is 10.9 Å². The Hall–Kier alpha value is -2.20. The van der Waals surface area contributed by atoms with Gasteiger partial charge >= 0.3 is 0 Å². The molecule has 0 atom stereocenters. The Morgan fingerprint density at radius 2 is 1.95 bits per heavy atom. The van der Waals surface area contributed by atoms with Crippen molar-refractivity contribution in [3.8, 4) is 0 Å². The summed E-state index contributed by atoms with van der Waals surface area (Å²) in [5.74, 6) is 0.486. The minimum absolute atomic E-state index is 0.202. The molecule has 0 aliphatic carbocycles. The molecule has 3 nitrogen and oxygen atoms in total. The summed E-state index contributed by atoms with van der Waals surface area (Å²) >= 11 is 6.04. The molecule has 0 radical (unpaired) electrons. The zero-order valence-corrected chi connectivity index (χ0v) is 11.8. The van der Waals surface area contributed by atoms with Crippen molar-refractivity contribution in [3.63, 3.8) is 0 Å². The Morgan fingerprint density at radius 1 is 1.10 bits per heavy atom. The van der Waals surface area contributed by atoms with Gasteiger partial charge in [-0.2, -0.15) is 4.98 Å². The third-order valence-corrected chi connectivity index (χ3v) is 3.92. The van der Waals surface area contributed by atoms with E-state index in [1.165, 1.54) is 6.07 Å². The van der Waals surface area contributed by atoms with E-state index in [1.54, 1.807) is 6.07 Å². The molecule has 4 rings (SSSR count). The van der Waals surface area contributed by atoms with Crippen molar-refractivity contribution in [2.45, 2.75) is 6.42 Å². The molecule has 3 aromatic rings. The van der Waals surface area contributed by atoms with Crippen molar-refractivity contribution >= 4 is 34.0 Å².